The number of hydrogen-bond donors (Lipinski definition) is 1. The number of benzene rings is 3. The molecule has 0 atom stereocenters. The van der Waals surface area contributed by atoms with Crippen molar-refractivity contribution in [1.82, 2.24) is 5.32 Å². The molecule has 1 N–H and O–H groups in total. The summed E-state index contributed by atoms with van der Waals surface area (Å²) in [5.41, 5.74) is 1.91. The third-order valence-corrected chi connectivity index (χ3v) is 6.55. The summed E-state index contributed by atoms with van der Waals surface area (Å²) < 4.78 is 0. The van der Waals surface area contributed by atoms with Crippen LogP contribution in [0, 0.1) is 10.1 Å². The lowest BCUT2D eigenvalue weighted by molar-refractivity contribution is -0.384. The van der Waals surface area contributed by atoms with Gasteiger partial charge in [0.2, 0.25) is 0 Å². The van der Waals surface area contributed by atoms with Gasteiger partial charge >= 0.3 is 0 Å². The molecule has 0 unspecified atom stereocenters. The summed E-state index contributed by atoms with van der Waals surface area (Å²) in [7, 11) is 3.04. The summed E-state index contributed by atoms with van der Waals surface area (Å²) in [4.78, 5) is 29.3. The number of nitrogens with zero attached hydrogens (tertiary/aromatic N) is 2. The van der Waals surface area contributed by atoms with E-state index in [9.17, 15) is 14.9 Å². The third kappa shape index (κ3) is 7.44. The Morgan fingerprint density at radius 3 is 2.28 bits per heavy atom. The Balaban J connectivity index is 1.50. The van der Waals surface area contributed by atoms with Crippen LogP contribution in [0.2, 0.25) is 0 Å². The molecule has 0 heterocycles. The lowest BCUT2D eigenvalue weighted by Gasteiger charge is -2.08. The molecule has 0 radical (unpaired) electrons. The quantitative estimate of drug-likeness (QED) is 0.139. The Labute approximate surface area is 193 Å². The predicted octanol–water partition coefficient (Wildman–Crippen LogP) is 5.07. The molecular weight excluding hydrogens is 446 g/mol. The van der Waals surface area contributed by atoms with Crippen LogP contribution in [0.25, 0.3) is 0 Å². The maximum atomic E-state index is 12.7. The number of amides is 1. The fourth-order valence-corrected chi connectivity index (χ4v) is 4.48. The Kier molecular flexibility index (Phi) is 9.15. The predicted molar refractivity (Wildman–Crippen MR) is 129 cm³/mol. The lowest BCUT2D eigenvalue weighted by atomic mass is 10.1. The molecule has 32 heavy (non-hydrogen) atoms. The van der Waals surface area contributed by atoms with Crippen LogP contribution in [-0.4, -0.2) is 28.8 Å². The van der Waals surface area contributed by atoms with Crippen LogP contribution >= 0.6 is 21.6 Å². The molecule has 0 aliphatic rings. The summed E-state index contributed by atoms with van der Waals surface area (Å²) in [5.74, 6) is 0.338. The molecule has 0 spiro atoms. The highest BCUT2D eigenvalue weighted by Crippen LogP contribution is 2.31. The van der Waals surface area contributed by atoms with E-state index in [1.807, 2.05) is 60.7 Å². The molecule has 3 aromatic carbocycles. The second-order valence-electron chi connectivity index (χ2n) is 6.48. The van der Waals surface area contributed by atoms with E-state index in [0.29, 0.717) is 17.9 Å². The molecule has 0 bridgehead atoms. The number of nitro groups is 1. The van der Waals surface area contributed by atoms with Crippen molar-refractivity contribution in [1.29, 1.82) is 0 Å². The average Bonchev–Trinajstić information content (AvgIpc) is 2.83. The van der Waals surface area contributed by atoms with Crippen molar-refractivity contribution in [2.75, 3.05) is 12.3 Å². The Bertz CT molecular complexity index is 1050. The van der Waals surface area contributed by atoms with Crippen molar-refractivity contribution in [2.45, 2.75) is 11.5 Å². The van der Waals surface area contributed by atoms with Crippen molar-refractivity contribution in [2.24, 2.45) is 5.16 Å². The van der Waals surface area contributed by atoms with Gasteiger partial charge in [-0.1, -0.05) is 87.4 Å². The molecule has 0 fully saturated rings. The van der Waals surface area contributed by atoms with E-state index in [2.05, 4.69) is 10.5 Å². The standard InChI is InChI=1S/C23H21N3O4S2/c27-23(24-15-16-31-32-21-13-11-20(12-14-21)26(28)29)22(19-9-5-2-6-10-19)25-30-17-18-7-3-1-4-8-18/h1-14H,15-17H2,(H,24,27)/b25-22+. The Hall–Kier alpha value is -3.30. The molecule has 1 amide bonds. The zero-order valence-corrected chi connectivity index (χ0v) is 18.7. The van der Waals surface area contributed by atoms with Crippen LogP contribution in [0.4, 0.5) is 5.69 Å². The largest absolute Gasteiger partial charge is 0.390 e. The molecule has 0 saturated carbocycles. The van der Waals surface area contributed by atoms with Gasteiger partial charge in [0.05, 0.1) is 4.92 Å². The molecular formula is C23H21N3O4S2. The first-order valence-electron chi connectivity index (χ1n) is 9.75. The number of carbonyl (C=O) groups excluding carboxylic acids is 1. The van der Waals surface area contributed by atoms with Gasteiger partial charge in [0.1, 0.15) is 6.61 Å². The van der Waals surface area contributed by atoms with Crippen LogP contribution in [0.5, 0.6) is 0 Å². The first kappa shape index (κ1) is 23.4. The minimum absolute atomic E-state index is 0.0637. The number of hydrogen-bond acceptors (Lipinski definition) is 7. The SMILES string of the molecule is O=C(NCCSSc1ccc([N+](=O)[O-])cc1)/C(=N/OCc1ccccc1)c1ccccc1. The van der Waals surface area contributed by atoms with Crippen LogP contribution in [0.15, 0.2) is 95.0 Å². The van der Waals surface area contributed by atoms with Gasteiger partial charge in [-0.25, -0.2) is 0 Å². The summed E-state index contributed by atoms with van der Waals surface area (Å²) in [5, 5.41) is 17.7. The summed E-state index contributed by atoms with van der Waals surface area (Å²) in [6, 6.07) is 25.1. The third-order valence-electron chi connectivity index (χ3n) is 4.17. The van der Waals surface area contributed by atoms with Gasteiger partial charge in [0, 0.05) is 34.9 Å². The van der Waals surface area contributed by atoms with Gasteiger partial charge < -0.3 is 10.2 Å². The molecule has 3 rings (SSSR count). The second kappa shape index (κ2) is 12.5. The average molecular weight is 468 g/mol. The van der Waals surface area contributed by atoms with E-state index < -0.39 is 4.92 Å². The zero-order valence-electron chi connectivity index (χ0n) is 17.0. The minimum atomic E-state index is -0.424. The van der Waals surface area contributed by atoms with Crippen LogP contribution < -0.4 is 5.32 Å². The minimum Gasteiger partial charge on any atom is -0.390 e. The molecule has 0 aromatic heterocycles. The molecule has 7 nitrogen and oxygen atoms in total. The molecule has 0 aliphatic carbocycles. The highest BCUT2D eigenvalue weighted by Gasteiger charge is 2.14. The van der Waals surface area contributed by atoms with Gasteiger partial charge in [0.15, 0.2) is 5.71 Å². The molecule has 164 valence electrons. The number of rotatable bonds is 11. The van der Waals surface area contributed by atoms with Crippen LogP contribution in [-0.2, 0) is 16.2 Å². The molecule has 0 saturated heterocycles. The van der Waals surface area contributed by atoms with E-state index in [-0.39, 0.29) is 23.9 Å². The van der Waals surface area contributed by atoms with Crippen LogP contribution in [0.3, 0.4) is 0 Å². The lowest BCUT2D eigenvalue weighted by Crippen LogP contribution is -2.33. The van der Waals surface area contributed by atoms with E-state index in [4.69, 9.17) is 4.84 Å². The summed E-state index contributed by atoms with van der Waals surface area (Å²) in [6.45, 7) is 0.709. The number of oxime groups is 1. The van der Waals surface area contributed by atoms with Crippen molar-refractivity contribution in [3.8, 4) is 0 Å². The smallest absolute Gasteiger partial charge is 0.273 e. The molecule has 0 aliphatic heterocycles. The van der Waals surface area contributed by atoms with Gasteiger partial charge in [-0.3, -0.25) is 14.9 Å². The Morgan fingerprint density at radius 2 is 1.62 bits per heavy atom. The molecule has 9 heteroatoms. The van der Waals surface area contributed by atoms with Crippen molar-refractivity contribution in [3.63, 3.8) is 0 Å². The highest BCUT2D eigenvalue weighted by atomic mass is 33.1. The first-order valence-corrected chi connectivity index (χ1v) is 12.1. The molecule has 3 aromatic rings. The number of nitro benzene ring substituents is 1. The van der Waals surface area contributed by atoms with Gasteiger partial charge in [-0.05, 0) is 17.7 Å². The van der Waals surface area contributed by atoms with E-state index in [1.54, 1.807) is 22.9 Å². The maximum Gasteiger partial charge on any atom is 0.273 e. The van der Waals surface area contributed by atoms with Crippen molar-refractivity contribution >= 4 is 38.9 Å². The Morgan fingerprint density at radius 1 is 0.969 bits per heavy atom. The normalized spacial score (nSPS) is 11.1. The fourth-order valence-electron chi connectivity index (χ4n) is 2.59. The first-order chi connectivity index (χ1) is 15.6. The number of nitrogens with one attached hydrogen (secondary N) is 1. The maximum absolute atomic E-state index is 12.7. The second-order valence-corrected chi connectivity index (χ2v) is 8.97. The van der Waals surface area contributed by atoms with E-state index in [1.165, 1.54) is 22.9 Å². The summed E-state index contributed by atoms with van der Waals surface area (Å²) in [6.07, 6.45) is 0. The number of carbonyl (C=O) groups is 1. The summed E-state index contributed by atoms with van der Waals surface area (Å²) >= 11 is 0. The highest BCUT2D eigenvalue weighted by molar-refractivity contribution is 8.76. The van der Waals surface area contributed by atoms with E-state index in [0.717, 1.165) is 10.5 Å². The van der Waals surface area contributed by atoms with E-state index >= 15 is 0 Å². The van der Waals surface area contributed by atoms with Gasteiger partial charge in [0.25, 0.3) is 11.6 Å². The van der Waals surface area contributed by atoms with Crippen molar-refractivity contribution < 1.29 is 14.6 Å². The zero-order chi connectivity index (χ0) is 22.6. The number of non-ortho nitro benzene ring substituents is 1. The van der Waals surface area contributed by atoms with Crippen LogP contribution in [0.1, 0.15) is 11.1 Å². The van der Waals surface area contributed by atoms with Gasteiger partial charge in [-0.2, -0.15) is 0 Å². The monoisotopic (exact) mass is 467 g/mol. The van der Waals surface area contributed by atoms with Gasteiger partial charge in [-0.15, -0.1) is 0 Å². The van der Waals surface area contributed by atoms with Crippen molar-refractivity contribution in [3.05, 3.63) is 106 Å². The fraction of sp³-hybridized carbons (Fsp3) is 0.130. The topological polar surface area (TPSA) is 93.8 Å².